The van der Waals surface area contributed by atoms with E-state index < -0.39 is 5.25 Å². The van der Waals surface area contributed by atoms with E-state index in [1.54, 1.807) is 18.4 Å². The van der Waals surface area contributed by atoms with Crippen LogP contribution < -0.4 is 10.2 Å². The van der Waals surface area contributed by atoms with E-state index in [0.717, 1.165) is 30.6 Å². The number of hydrogen-bond acceptors (Lipinski definition) is 5. The van der Waals surface area contributed by atoms with Crippen molar-refractivity contribution >= 4 is 35.2 Å². The van der Waals surface area contributed by atoms with Crippen molar-refractivity contribution in [2.45, 2.75) is 42.4 Å². The summed E-state index contributed by atoms with van der Waals surface area (Å²) in [6.45, 7) is 1.49. The van der Waals surface area contributed by atoms with E-state index in [1.165, 1.54) is 16.7 Å². The maximum atomic E-state index is 13.3. The molecule has 1 aromatic carbocycles. The molecule has 158 valence electrons. The SMILES string of the molecule is O=C(CN1C(=O)[C@H](C(=O)N2CCCCCC2)Sc2ccccc21)NCc1ccco1. The Morgan fingerprint density at radius 2 is 1.83 bits per heavy atom. The first-order valence-corrected chi connectivity index (χ1v) is 11.2. The number of rotatable bonds is 5. The zero-order chi connectivity index (χ0) is 20.9. The van der Waals surface area contributed by atoms with E-state index in [9.17, 15) is 14.4 Å². The van der Waals surface area contributed by atoms with Gasteiger partial charge in [-0.3, -0.25) is 14.4 Å². The molecule has 0 unspecified atom stereocenters. The van der Waals surface area contributed by atoms with Crippen molar-refractivity contribution in [1.82, 2.24) is 10.2 Å². The number of hydrogen-bond donors (Lipinski definition) is 1. The van der Waals surface area contributed by atoms with Crippen LogP contribution in [0.1, 0.15) is 31.4 Å². The third kappa shape index (κ3) is 4.53. The number of furan rings is 1. The first-order valence-electron chi connectivity index (χ1n) is 10.3. The van der Waals surface area contributed by atoms with Gasteiger partial charge in [0, 0.05) is 18.0 Å². The summed E-state index contributed by atoms with van der Waals surface area (Å²) in [6.07, 6.45) is 5.70. The molecule has 30 heavy (non-hydrogen) atoms. The summed E-state index contributed by atoms with van der Waals surface area (Å²) in [5, 5.41) is 1.92. The molecule has 1 fully saturated rings. The predicted molar refractivity (Wildman–Crippen MR) is 114 cm³/mol. The van der Waals surface area contributed by atoms with E-state index in [0.29, 0.717) is 24.5 Å². The second kappa shape index (κ2) is 9.38. The number of carbonyl (C=O) groups excluding carboxylic acids is 3. The number of nitrogens with one attached hydrogen (secondary N) is 1. The molecule has 3 amide bonds. The van der Waals surface area contributed by atoms with Gasteiger partial charge >= 0.3 is 0 Å². The topological polar surface area (TPSA) is 82.9 Å². The average Bonchev–Trinajstić information content (AvgIpc) is 3.14. The van der Waals surface area contributed by atoms with Crippen LogP contribution in [0.4, 0.5) is 5.69 Å². The number of amides is 3. The number of nitrogens with zero attached hydrogens (tertiary/aromatic N) is 2. The van der Waals surface area contributed by atoms with Crippen molar-refractivity contribution in [2.24, 2.45) is 0 Å². The van der Waals surface area contributed by atoms with Gasteiger partial charge in [-0.2, -0.15) is 0 Å². The number of likely N-dealkylation sites (tertiary alicyclic amines) is 1. The monoisotopic (exact) mass is 427 g/mol. The lowest BCUT2D eigenvalue weighted by atomic mass is 10.2. The second-order valence-corrected chi connectivity index (χ2v) is 8.63. The van der Waals surface area contributed by atoms with Crippen molar-refractivity contribution in [3.05, 3.63) is 48.4 Å². The zero-order valence-corrected chi connectivity index (χ0v) is 17.5. The lowest BCUT2D eigenvalue weighted by Crippen LogP contribution is -2.52. The molecule has 1 aromatic heterocycles. The average molecular weight is 428 g/mol. The number of carbonyl (C=O) groups is 3. The van der Waals surface area contributed by atoms with E-state index >= 15 is 0 Å². The maximum Gasteiger partial charge on any atom is 0.250 e. The Labute approximate surface area is 179 Å². The van der Waals surface area contributed by atoms with Gasteiger partial charge in [0.25, 0.3) is 5.91 Å². The van der Waals surface area contributed by atoms with Gasteiger partial charge in [-0.1, -0.05) is 25.0 Å². The van der Waals surface area contributed by atoms with Crippen LogP contribution in [0, 0.1) is 0 Å². The summed E-state index contributed by atoms with van der Waals surface area (Å²) in [6, 6.07) is 10.9. The fourth-order valence-corrected chi connectivity index (χ4v) is 4.98. The van der Waals surface area contributed by atoms with E-state index in [2.05, 4.69) is 5.32 Å². The summed E-state index contributed by atoms with van der Waals surface area (Å²) < 4.78 is 5.23. The first kappa shape index (κ1) is 20.5. The van der Waals surface area contributed by atoms with Gasteiger partial charge in [0.05, 0.1) is 18.5 Å². The fraction of sp³-hybridized carbons (Fsp3) is 0.409. The van der Waals surface area contributed by atoms with Gasteiger partial charge in [0.2, 0.25) is 11.8 Å². The third-order valence-corrected chi connectivity index (χ3v) is 6.61. The number of thioether (sulfide) groups is 1. The molecule has 1 saturated heterocycles. The quantitative estimate of drug-likeness (QED) is 0.742. The molecule has 0 bridgehead atoms. The molecule has 1 atom stereocenters. The van der Waals surface area contributed by atoms with Crippen LogP contribution >= 0.6 is 11.8 Å². The highest BCUT2D eigenvalue weighted by Gasteiger charge is 2.40. The van der Waals surface area contributed by atoms with Crippen LogP contribution in [-0.2, 0) is 20.9 Å². The van der Waals surface area contributed by atoms with Crippen molar-refractivity contribution in [3.63, 3.8) is 0 Å². The molecule has 0 aliphatic carbocycles. The molecule has 0 radical (unpaired) electrons. The molecule has 0 saturated carbocycles. The molecule has 2 aliphatic heterocycles. The lowest BCUT2D eigenvalue weighted by molar-refractivity contribution is -0.135. The Kier molecular flexibility index (Phi) is 6.42. The van der Waals surface area contributed by atoms with Crippen LogP contribution in [0.15, 0.2) is 52.0 Å². The summed E-state index contributed by atoms with van der Waals surface area (Å²) in [7, 11) is 0. The molecule has 2 aliphatic rings. The van der Waals surface area contributed by atoms with Crippen LogP contribution in [0.2, 0.25) is 0 Å². The van der Waals surface area contributed by atoms with E-state index in [4.69, 9.17) is 4.42 Å². The number of anilines is 1. The third-order valence-electron chi connectivity index (χ3n) is 5.37. The minimum atomic E-state index is -0.851. The molecule has 1 N–H and O–H groups in total. The molecule has 4 rings (SSSR count). The summed E-state index contributed by atoms with van der Waals surface area (Å²) >= 11 is 1.29. The maximum absolute atomic E-state index is 13.3. The Morgan fingerprint density at radius 3 is 2.57 bits per heavy atom. The van der Waals surface area contributed by atoms with E-state index in [1.807, 2.05) is 29.2 Å². The summed E-state index contributed by atoms with van der Waals surface area (Å²) in [5.74, 6) is -0.149. The fourth-order valence-electron chi connectivity index (χ4n) is 3.79. The van der Waals surface area contributed by atoms with Crippen molar-refractivity contribution in [2.75, 3.05) is 24.5 Å². The largest absolute Gasteiger partial charge is 0.467 e. The molecular formula is C22H25N3O4S. The minimum absolute atomic E-state index is 0.138. The number of para-hydroxylation sites is 1. The summed E-state index contributed by atoms with van der Waals surface area (Å²) in [5.41, 5.74) is 0.667. The lowest BCUT2D eigenvalue weighted by Gasteiger charge is -2.34. The Hall–Kier alpha value is -2.74. The van der Waals surface area contributed by atoms with E-state index in [-0.39, 0.29) is 30.8 Å². The highest BCUT2D eigenvalue weighted by molar-refractivity contribution is 8.01. The standard InChI is InChI=1S/C22H25N3O4S/c26-19(23-14-16-8-7-13-29-16)15-25-17-9-3-4-10-18(17)30-20(22(25)28)21(27)24-11-5-1-2-6-12-24/h3-4,7-10,13,20H,1-2,5-6,11-12,14-15H2,(H,23,26)/t20-/m0/s1. The van der Waals surface area contributed by atoms with Crippen LogP contribution in [0.25, 0.3) is 0 Å². The van der Waals surface area contributed by atoms with Crippen molar-refractivity contribution in [1.29, 1.82) is 0 Å². The Morgan fingerprint density at radius 1 is 1.07 bits per heavy atom. The Balaban J connectivity index is 1.50. The molecule has 2 aromatic rings. The number of benzene rings is 1. The minimum Gasteiger partial charge on any atom is -0.467 e. The van der Waals surface area contributed by atoms with Gasteiger partial charge < -0.3 is 19.5 Å². The highest BCUT2D eigenvalue weighted by atomic mass is 32.2. The molecule has 0 spiro atoms. The molecule has 3 heterocycles. The number of fused-ring (bicyclic) bond motifs is 1. The van der Waals surface area contributed by atoms with Gasteiger partial charge in [-0.25, -0.2) is 0 Å². The van der Waals surface area contributed by atoms with Crippen LogP contribution in [0.5, 0.6) is 0 Å². The predicted octanol–water partition coefficient (Wildman–Crippen LogP) is 2.81. The van der Waals surface area contributed by atoms with Gasteiger partial charge in [0.1, 0.15) is 12.3 Å². The molecular weight excluding hydrogens is 402 g/mol. The normalized spacial score (nSPS) is 19.2. The Bertz CT molecular complexity index is 907. The van der Waals surface area contributed by atoms with Crippen LogP contribution in [-0.4, -0.2) is 47.5 Å². The highest BCUT2D eigenvalue weighted by Crippen LogP contribution is 2.39. The van der Waals surface area contributed by atoms with Crippen molar-refractivity contribution < 1.29 is 18.8 Å². The first-order chi connectivity index (χ1) is 14.6. The molecule has 7 nitrogen and oxygen atoms in total. The second-order valence-electron chi connectivity index (χ2n) is 7.49. The zero-order valence-electron chi connectivity index (χ0n) is 16.7. The van der Waals surface area contributed by atoms with Gasteiger partial charge in [0.15, 0.2) is 5.25 Å². The molecule has 8 heteroatoms. The van der Waals surface area contributed by atoms with Gasteiger partial charge in [-0.05, 0) is 37.1 Å². The van der Waals surface area contributed by atoms with Gasteiger partial charge in [-0.15, -0.1) is 11.8 Å². The summed E-state index contributed by atoms with van der Waals surface area (Å²) in [4.78, 5) is 43.1. The van der Waals surface area contributed by atoms with Crippen LogP contribution in [0.3, 0.4) is 0 Å². The smallest absolute Gasteiger partial charge is 0.250 e. The van der Waals surface area contributed by atoms with Crippen molar-refractivity contribution in [3.8, 4) is 0 Å².